The molecule has 3 aromatic heterocycles. The Bertz CT molecular complexity index is 1860. The standard InChI is InChI=1S/C35H52N6O4S2Si2/c1-11-44-32(42)29-28(17-14-20-45-49(9,10)35(3,4)5)47-33(36-29)40-19-18-25-24(2)30(38-39-31(25)40)37-34-41(23-43-21-22-48(6,7)8)26-15-12-13-16-27(26)46-34/h12-13,15-16H,11,14,17-23H2,1-10H3. The highest BCUT2D eigenvalue weighted by molar-refractivity contribution is 7.16. The van der Waals surface area contributed by atoms with Gasteiger partial charge in [0.05, 0.1) is 16.8 Å². The zero-order valence-electron chi connectivity index (χ0n) is 30.8. The summed E-state index contributed by atoms with van der Waals surface area (Å²) in [7, 11) is -3.04. The summed E-state index contributed by atoms with van der Waals surface area (Å²) in [5.74, 6) is 0.992. The van der Waals surface area contributed by atoms with Gasteiger partial charge in [0.1, 0.15) is 6.73 Å². The van der Waals surface area contributed by atoms with Crippen molar-refractivity contribution in [2.24, 2.45) is 4.99 Å². The Hall–Kier alpha value is -2.76. The van der Waals surface area contributed by atoms with Gasteiger partial charge in [0.25, 0.3) is 0 Å². The van der Waals surface area contributed by atoms with Gasteiger partial charge in [-0.1, -0.05) is 63.9 Å². The molecular weight excluding hydrogens is 689 g/mol. The van der Waals surface area contributed by atoms with E-state index >= 15 is 0 Å². The molecule has 0 spiro atoms. The molecule has 0 saturated carbocycles. The number of benzene rings is 1. The molecule has 4 heterocycles. The summed E-state index contributed by atoms with van der Waals surface area (Å²) < 4.78 is 21.3. The number of fused-ring (bicyclic) bond motifs is 2. The van der Waals surface area contributed by atoms with Crippen molar-refractivity contribution in [1.82, 2.24) is 19.7 Å². The average molecular weight is 741 g/mol. The molecule has 49 heavy (non-hydrogen) atoms. The van der Waals surface area contributed by atoms with Gasteiger partial charge < -0.3 is 18.8 Å². The smallest absolute Gasteiger partial charge is 0.358 e. The van der Waals surface area contributed by atoms with Crippen LogP contribution in [-0.2, 0) is 33.5 Å². The van der Waals surface area contributed by atoms with Gasteiger partial charge in [0.2, 0.25) is 0 Å². The van der Waals surface area contributed by atoms with E-state index in [0.29, 0.717) is 44.4 Å². The number of carbonyl (C=O) groups is 1. The number of rotatable bonds is 14. The van der Waals surface area contributed by atoms with Crippen molar-refractivity contribution in [3.05, 3.63) is 50.8 Å². The van der Waals surface area contributed by atoms with Crippen LogP contribution >= 0.6 is 22.7 Å². The van der Waals surface area contributed by atoms with Gasteiger partial charge in [-0.3, -0.25) is 4.57 Å². The lowest BCUT2D eigenvalue weighted by Gasteiger charge is -2.36. The van der Waals surface area contributed by atoms with E-state index in [-0.39, 0.29) is 11.0 Å². The maximum absolute atomic E-state index is 13.0. The van der Waals surface area contributed by atoms with Crippen molar-refractivity contribution in [2.75, 3.05) is 31.3 Å². The summed E-state index contributed by atoms with van der Waals surface area (Å²) in [6.45, 7) is 25.1. The van der Waals surface area contributed by atoms with Crippen LogP contribution in [0.2, 0.25) is 43.8 Å². The van der Waals surface area contributed by atoms with Crippen LogP contribution in [-0.4, -0.2) is 68.5 Å². The molecule has 0 amide bonds. The Morgan fingerprint density at radius 2 is 1.82 bits per heavy atom. The molecule has 0 N–H and O–H groups in total. The molecule has 14 heteroatoms. The van der Waals surface area contributed by atoms with Crippen molar-refractivity contribution >= 4 is 72.0 Å². The number of para-hydroxylation sites is 1. The zero-order valence-corrected chi connectivity index (χ0v) is 34.4. The van der Waals surface area contributed by atoms with Crippen molar-refractivity contribution < 1.29 is 18.7 Å². The number of aryl methyl sites for hydroxylation is 1. The van der Waals surface area contributed by atoms with E-state index in [9.17, 15) is 4.79 Å². The summed E-state index contributed by atoms with van der Waals surface area (Å²) >= 11 is 3.16. The third-order valence-electron chi connectivity index (χ3n) is 9.35. The van der Waals surface area contributed by atoms with E-state index in [2.05, 4.69) is 93.2 Å². The largest absolute Gasteiger partial charge is 0.461 e. The highest BCUT2D eigenvalue weighted by Crippen LogP contribution is 2.40. The van der Waals surface area contributed by atoms with E-state index in [1.165, 1.54) is 11.3 Å². The third kappa shape index (κ3) is 8.77. The van der Waals surface area contributed by atoms with Crippen LogP contribution in [0, 0.1) is 6.92 Å². The normalized spacial score (nSPS) is 14.2. The minimum atomic E-state index is -1.85. The first-order chi connectivity index (χ1) is 23.1. The van der Waals surface area contributed by atoms with Gasteiger partial charge in [-0.15, -0.1) is 21.5 Å². The predicted molar refractivity (Wildman–Crippen MR) is 206 cm³/mol. The lowest BCUT2D eigenvalue weighted by Crippen LogP contribution is -2.41. The molecule has 0 atom stereocenters. The molecular formula is C35H52N6O4S2Si2. The van der Waals surface area contributed by atoms with E-state index in [1.54, 1.807) is 11.3 Å². The topological polar surface area (TPSA) is 104 Å². The lowest BCUT2D eigenvalue weighted by molar-refractivity contribution is 0.0519. The third-order valence-corrected chi connectivity index (χ3v) is 17.8. The van der Waals surface area contributed by atoms with Crippen LogP contribution in [0.5, 0.6) is 0 Å². The maximum atomic E-state index is 13.0. The average Bonchev–Trinajstić information content (AvgIpc) is 3.73. The fraction of sp³-hybridized carbons (Fsp3) is 0.571. The molecule has 0 unspecified atom stereocenters. The number of nitrogens with zero attached hydrogens (tertiary/aromatic N) is 6. The van der Waals surface area contributed by atoms with E-state index in [1.807, 2.05) is 13.0 Å². The first kappa shape index (κ1) is 37.5. The van der Waals surface area contributed by atoms with Gasteiger partial charge in [0.15, 0.2) is 35.6 Å². The molecule has 0 radical (unpaired) electrons. The highest BCUT2D eigenvalue weighted by Gasteiger charge is 2.37. The summed E-state index contributed by atoms with van der Waals surface area (Å²) in [4.78, 5) is 26.7. The fourth-order valence-electron chi connectivity index (χ4n) is 5.29. The molecule has 4 aromatic rings. The minimum absolute atomic E-state index is 0.149. The number of hydrogen-bond donors (Lipinski definition) is 0. The van der Waals surface area contributed by atoms with E-state index in [0.717, 1.165) is 67.5 Å². The Morgan fingerprint density at radius 1 is 1.06 bits per heavy atom. The van der Waals surface area contributed by atoms with Crippen LogP contribution in [0.15, 0.2) is 29.3 Å². The SMILES string of the molecule is CCOC(=O)c1nc(N2CCc3c2nnc(N=c2sc4ccccc4n2COCC[Si](C)(C)C)c3C)sc1CCCO[Si](C)(C)C(C)(C)C. The Kier molecular flexibility index (Phi) is 11.7. The summed E-state index contributed by atoms with van der Waals surface area (Å²) in [5.41, 5.74) is 3.59. The second kappa shape index (κ2) is 15.2. The summed E-state index contributed by atoms with van der Waals surface area (Å²) in [6.07, 6.45) is 2.29. The second-order valence-corrected chi connectivity index (χ2v) is 27.8. The molecule has 0 fully saturated rings. The Labute approximate surface area is 300 Å². The quantitative estimate of drug-likeness (QED) is 0.0720. The number of thiazole rings is 2. The Balaban J connectivity index is 1.39. The Morgan fingerprint density at radius 3 is 2.53 bits per heavy atom. The highest BCUT2D eigenvalue weighted by atomic mass is 32.1. The van der Waals surface area contributed by atoms with Gasteiger partial charge >= 0.3 is 5.97 Å². The lowest BCUT2D eigenvalue weighted by atomic mass is 10.1. The molecule has 1 aliphatic heterocycles. The van der Waals surface area contributed by atoms with Gasteiger partial charge in [-0.2, -0.15) is 4.99 Å². The number of ether oxygens (including phenoxy) is 2. The molecule has 266 valence electrons. The van der Waals surface area contributed by atoms with Crippen molar-refractivity contribution in [2.45, 2.75) is 104 Å². The monoisotopic (exact) mass is 740 g/mol. The molecule has 0 aliphatic carbocycles. The van der Waals surface area contributed by atoms with Crippen LogP contribution in [0.4, 0.5) is 16.8 Å². The van der Waals surface area contributed by atoms with E-state index in [4.69, 9.17) is 29.0 Å². The van der Waals surface area contributed by atoms with Gasteiger partial charge in [-0.05, 0) is 69.4 Å². The number of anilines is 2. The van der Waals surface area contributed by atoms with Crippen molar-refractivity contribution in [1.29, 1.82) is 0 Å². The predicted octanol–water partition coefficient (Wildman–Crippen LogP) is 8.63. The van der Waals surface area contributed by atoms with Crippen LogP contribution in [0.3, 0.4) is 0 Å². The number of esters is 1. The molecule has 0 bridgehead atoms. The van der Waals surface area contributed by atoms with Gasteiger partial charge in [-0.25, -0.2) is 9.78 Å². The second-order valence-electron chi connectivity index (χ2n) is 15.3. The number of carbonyl (C=O) groups excluding carboxylic acids is 1. The van der Waals surface area contributed by atoms with Crippen LogP contribution in [0.25, 0.3) is 10.2 Å². The number of hydrogen-bond acceptors (Lipinski definition) is 11. The van der Waals surface area contributed by atoms with Crippen molar-refractivity contribution in [3.8, 4) is 0 Å². The number of aromatic nitrogens is 4. The van der Waals surface area contributed by atoms with Crippen molar-refractivity contribution in [3.63, 3.8) is 0 Å². The summed E-state index contributed by atoms with van der Waals surface area (Å²) in [6, 6.07) is 9.44. The van der Waals surface area contributed by atoms with Crippen LogP contribution in [0.1, 0.15) is 60.6 Å². The van der Waals surface area contributed by atoms with Gasteiger partial charge in [0, 0.05) is 43.8 Å². The van der Waals surface area contributed by atoms with Crippen LogP contribution < -0.4 is 9.70 Å². The fourth-order valence-corrected chi connectivity index (χ4v) is 9.27. The minimum Gasteiger partial charge on any atom is -0.461 e. The molecule has 10 nitrogen and oxygen atoms in total. The van der Waals surface area contributed by atoms with E-state index < -0.39 is 16.4 Å². The molecule has 1 aliphatic rings. The summed E-state index contributed by atoms with van der Waals surface area (Å²) in [5, 5.41) is 10.2. The molecule has 0 saturated heterocycles. The molecule has 1 aromatic carbocycles. The zero-order chi connectivity index (χ0) is 35.6. The maximum Gasteiger partial charge on any atom is 0.358 e. The first-order valence-electron chi connectivity index (χ1n) is 17.2. The first-order valence-corrected chi connectivity index (χ1v) is 25.5. The molecule has 5 rings (SSSR count).